The highest BCUT2D eigenvalue weighted by atomic mass is 35.5. The zero-order valence-corrected chi connectivity index (χ0v) is 13.1. The van der Waals surface area contributed by atoms with Crippen LogP contribution in [0.3, 0.4) is 0 Å². The second-order valence-corrected chi connectivity index (χ2v) is 5.33. The summed E-state index contributed by atoms with van der Waals surface area (Å²) < 4.78 is 4.89. The third-order valence-corrected chi connectivity index (χ3v) is 3.82. The number of rotatable bonds is 4. The smallest absolute Gasteiger partial charge is 0.333 e. The number of carbonyl (C=O) groups is 1. The Morgan fingerprint density at radius 1 is 1.14 bits per heavy atom. The van der Waals surface area contributed by atoms with Gasteiger partial charge in [-0.15, -0.1) is 0 Å². The molecule has 0 spiro atoms. The van der Waals surface area contributed by atoms with E-state index in [2.05, 4.69) is 5.32 Å². The van der Waals surface area contributed by atoms with Crippen LogP contribution in [0.15, 0.2) is 42.5 Å². The van der Waals surface area contributed by atoms with Crippen LogP contribution in [-0.4, -0.2) is 13.1 Å². The second kappa shape index (κ2) is 6.64. The van der Waals surface area contributed by atoms with Crippen LogP contribution in [0.1, 0.15) is 22.7 Å². The van der Waals surface area contributed by atoms with Gasteiger partial charge in [-0.1, -0.05) is 35.9 Å². The van der Waals surface area contributed by atoms with E-state index in [0.29, 0.717) is 10.6 Å². The molecule has 0 heterocycles. The summed E-state index contributed by atoms with van der Waals surface area (Å²) in [5, 5.41) is 3.73. The summed E-state index contributed by atoms with van der Waals surface area (Å²) in [5.41, 5.74) is 3.91. The van der Waals surface area contributed by atoms with Gasteiger partial charge in [0.05, 0.1) is 7.11 Å². The van der Waals surface area contributed by atoms with Crippen LogP contribution < -0.4 is 5.32 Å². The maximum absolute atomic E-state index is 12.1. The SMILES string of the molecule is COC(=O)C(Nc1ccc(C)c(C)c1)c1ccccc1Cl. The van der Waals surface area contributed by atoms with E-state index in [9.17, 15) is 4.79 Å². The molecule has 0 aliphatic rings. The van der Waals surface area contributed by atoms with Gasteiger partial charge in [-0.2, -0.15) is 0 Å². The Hall–Kier alpha value is -2.00. The fourth-order valence-corrected chi connectivity index (χ4v) is 2.33. The van der Waals surface area contributed by atoms with E-state index in [-0.39, 0.29) is 5.97 Å². The standard InChI is InChI=1S/C17H18ClNO2/c1-11-8-9-13(10-12(11)2)19-16(17(20)21-3)14-6-4-5-7-15(14)18/h4-10,16,19H,1-3H3. The lowest BCUT2D eigenvalue weighted by molar-refractivity contribution is -0.141. The summed E-state index contributed by atoms with van der Waals surface area (Å²) in [5.74, 6) is -0.374. The molecule has 2 aromatic carbocycles. The Balaban J connectivity index is 2.35. The van der Waals surface area contributed by atoms with E-state index >= 15 is 0 Å². The summed E-state index contributed by atoms with van der Waals surface area (Å²) in [6, 6.07) is 12.6. The number of benzene rings is 2. The van der Waals surface area contributed by atoms with Crippen molar-refractivity contribution in [1.82, 2.24) is 0 Å². The van der Waals surface area contributed by atoms with Crippen molar-refractivity contribution < 1.29 is 9.53 Å². The van der Waals surface area contributed by atoms with Gasteiger partial charge in [0.15, 0.2) is 6.04 Å². The first-order valence-electron chi connectivity index (χ1n) is 6.69. The Kier molecular flexibility index (Phi) is 4.86. The van der Waals surface area contributed by atoms with Crippen LogP contribution in [0.2, 0.25) is 5.02 Å². The van der Waals surface area contributed by atoms with Crippen molar-refractivity contribution in [3.63, 3.8) is 0 Å². The van der Waals surface area contributed by atoms with Crippen molar-refractivity contribution in [3.8, 4) is 0 Å². The third-order valence-electron chi connectivity index (χ3n) is 3.47. The molecule has 0 aliphatic carbocycles. The van der Waals surface area contributed by atoms with Gasteiger partial charge in [0.1, 0.15) is 0 Å². The molecule has 110 valence electrons. The van der Waals surface area contributed by atoms with Crippen LogP contribution in [0.5, 0.6) is 0 Å². The van der Waals surface area contributed by atoms with E-state index < -0.39 is 6.04 Å². The van der Waals surface area contributed by atoms with E-state index in [1.807, 2.05) is 50.2 Å². The second-order valence-electron chi connectivity index (χ2n) is 4.92. The summed E-state index contributed by atoms with van der Waals surface area (Å²) >= 11 is 6.19. The van der Waals surface area contributed by atoms with Crippen molar-refractivity contribution in [1.29, 1.82) is 0 Å². The lowest BCUT2D eigenvalue weighted by atomic mass is 10.1. The van der Waals surface area contributed by atoms with E-state index in [1.54, 1.807) is 6.07 Å². The minimum atomic E-state index is -0.634. The minimum Gasteiger partial charge on any atom is -0.467 e. The molecular weight excluding hydrogens is 286 g/mol. The van der Waals surface area contributed by atoms with Crippen molar-refractivity contribution in [2.75, 3.05) is 12.4 Å². The Morgan fingerprint density at radius 2 is 1.86 bits per heavy atom. The van der Waals surface area contributed by atoms with Gasteiger partial charge in [-0.3, -0.25) is 0 Å². The van der Waals surface area contributed by atoms with Crippen LogP contribution in [0, 0.1) is 13.8 Å². The number of anilines is 1. The number of aryl methyl sites for hydroxylation is 2. The van der Waals surface area contributed by atoms with Crippen molar-refractivity contribution >= 4 is 23.3 Å². The first kappa shape index (κ1) is 15.4. The first-order valence-corrected chi connectivity index (χ1v) is 7.06. The summed E-state index contributed by atoms with van der Waals surface area (Å²) in [6.45, 7) is 4.08. The van der Waals surface area contributed by atoms with Crippen LogP contribution in [-0.2, 0) is 9.53 Å². The van der Waals surface area contributed by atoms with Gasteiger partial charge in [-0.25, -0.2) is 4.79 Å². The highest BCUT2D eigenvalue weighted by molar-refractivity contribution is 6.31. The number of halogens is 1. The number of esters is 1. The molecule has 0 fully saturated rings. The average Bonchev–Trinajstić information content (AvgIpc) is 2.48. The minimum absolute atomic E-state index is 0.374. The number of hydrogen-bond acceptors (Lipinski definition) is 3. The largest absolute Gasteiger partial charge is 0.467 e. The highest BCUT2D eigenvalue weighted by Gasteiger charge is 2.23. The molecule has 1 N–H and O–H groups in total. The van der Waals surface area contributed by atoms with Crippen molar-refractivity contribution in [2.45, 2.75) is 19.9 Å². The average molecular weight is 304 g/mol. The van der Waals surface area contributed by atoms with Gasteiger partial charge in [0.2, 0.25) is 0 Å². The molecule has 0 saturated heterocycles. The first-order chi connectivity index (χ1) is 10.0. The van der Waals surface area contributed by atoms with E-state index in [0.717, 1.165) is 11.3 Å². The van der Waals surface area contributed by atoms with Crippen LogP contribution in [0.25, 0.3) is 0 Å². The predicted octanol–water partition coefficient (Wildman–Crippen LogP) is 4.28. The van der Waals surface area contributed by atoms with Gasteiger partial charge in [0.25, 0.3) is 0 Å². The Labute approximate surface area is 129 Å². The normalized spacial score (nSPS) is 11.8. The van der Waals surface area contributed by atoms with Gasteiger partial charge >= 0.3 is 5.97 Å². The van der Waals surface area contributed by atoms with E-state index in [4.69, 9.17) is 16.3 Å². The maximum atomic E-state index is 12.1. The summed E-state index contributed by atoms with van der Waals surface area (Å²) in [7, 11) is 1.37. The molecule has 0 aliphatic heterocycles. The number of hydrogen-bond donors (Lipinski definition) is 1. The number of ether oxygens (including phenoxy) is 1. The predicted molar refractivity (Wildman–Crippen MR) is 85.7 cm³/mol. The molecule has 1 atom stereocenters. The molecule has 4 heteroatoms. The fraction of sp³-hybridized carbons (Fsp3) is 0.235. The fourth-order valence-electron chi connectivity index (χ4n) is 2.09. The third kappa shape index (κ3) is 3.56. The number of carbonyl (C=O) groups excluding carboxylic acids is 1. The van der Waals surface area contributed by atoms with Crippen LogP contribution >= 0.6 is 11.6 Å². The Morgan fingerprint density at radius 3 is 2.48 bits per heavy atom. The quantitative estimate of drug-likeness (QED) is 0.857. The van der Waals surface area contributed by atoms with Gasteiger partial charge in [0, 0.05) is 16.3 Å². The van der Waals surface area contributed by atoms with Gasteiger partial charge in [-0.05, 0) is 43.2 Å². The summed E-state index contributed by atoms with van der Waals surface area (Å²) in [6.07, 6.45) is 0. The summed E-state index contributed by atoms with van der Waals surface area (Å²) in [4.78, 5) is 12.1. The Bertz CT molecular complexity index is 655. The van der Waals surface area contributed by atoms with Crippen LogP contribution in [0.4, 0.5) is 5.69 Å². The number of methoxy groups -OCH3 is 1. The van der Waals surface area contributed by atoms with Gasteiger partial charge < -0.3 is 10.1 Å². The molecule has 0 amide bonds. The molecule has 0 saturated carbocycles. The monoisotopic (exact) mass is 303 g/mol. The zero-order chi connectivity index (χ0) is 15.4. The van der Waals surface area contributed by atoms with Crippen molar-refractivity contribution in [3.05, 3.63) is 64.2 Å². The maximum Gasteiger partial charge on any atom is 0.333 e. The zero-order valence-electron chi connectivity index (χ0n) is 12.3. The molecule has 1 unspecified atom stereocenters. The highest BCUT2D eigenvalue weighted by Crippen LogP contribution is 2.27. The lowest BCUT2D eigenvalue weighted by Crippen LogP contribution is -2.22. The number of nitrogens with one attached hydrogen (secondary N) is 1. The molecule has 2 aromatic rings. The molecular formula is C17H18ClNO2. The topological polar surface area (TPSA) is 38.3 Å². The molecule has 3 nitrogen and oxygen atoms in total. The molecule has 21 heavy (non-hydrogen) atoms. The molecule has 0 radical (unpaired) electrons. The lowest BCUT2D eigenvalue weighted by Gasteiger charge is -2.19. The molecule has 0 bridgehead atoms. The molecule has 0 aromatic heterocycles. The molecule has 2 rings (SSSR count). The van der Waals surface area contributed by atoms with E-state index in [1.165, 1.54) is 12.7 Å². The van der Waals surface area contributed by atoms with Crippen molar-refractivity contribution in [2.24, 2.45) is 0 Å².